The van der Waals surface area contributed by atoms with E-state index in [9.17, 15) is 24.3 Å². The minimum absolute atomic E-state index is 0.0487. The molecular formula is C30H36FN3O7Si. The van der Waals surface area contributed by atoms with Crippen molar-refractivity contribution in [2.45, 2.75) is 69.8 Å². The maximum Gasteiger partial charge on any atom is 0.304 e. The molecule has 0 aliphatic carbocycles. The molecule has 5 rings (SSSR count). The van der Waals surface area contributed by atoms with Gasteiger partial charge in [-0.25, -0.2) is 0 Å². The first-order valence-electron chi connectivity index (χ1n) is 14.1. The van der Waals surface area contributed by atoms with E-state index in [1.807, 2.05) is 30.3 Å². The third-order valence-corrected chi connectivity index (χ3v) is 11.0. The molecule has 1 spiro atoms. The van der Waals surface area contributed by atoms with E-state index in [1.165, 1.54) is 16.7 Å². The number of nitrogens with one attached hydrogen (secondary N) is 1. The summed E-state index contributed by atoms with van der Waals surface area (Å²) in [5, 5.41) is 12.5. The van der Waals surface area contributed by atoms with Crippen LogP contribution in [-0.2, 0) is 40.8 Å². The van der Waals surface area contributed by atoms with Crippen LogP contribution in [-0.4, -0.2) is 67.6 Å². The van der Waals surface area contributed by atoms with Crippen molar-refractivity contribution in [2.75, 3.05) is 23.4 Å². The minimum atomic E-state index is -3.51. The van der Waals surface area contributed by atoms with Crippen LogP contribution in [0.4, 0.5) is 15.5 Å². The summed E-state index contributed by atoms with van der Waals surface area (Å²) >= 11 is 0. The fourth-order valence-corrected chi connectivity index (χ4v) is 9.20. The van der Waals surface area contributed by atoms with Gasteiger partial charge in [-0.1, -0.05) is 37.3 Å². The normalized spacial score (nSPS) is 26.6. The van der Waals surface area contributed by atoms with E-state index in [0.29, 0.717) is 16.9 Å². The number of hydrogen-bond donors (Lipinski definition) is 2. The zero-order valence-corrected chi connectivity index (χ0v) is 25.1. The molecule has 0 bridgehead atoms. The number of aliphatic hydroxyl groups is 1. The highest BCUT2D eigenvalue weighted by Crippen LogP contribution is 2.59. The Morgan fingerprint density at radius 1 is 1.21 bits per heavy atom. The maximum absolute atomic E-state index is 16.0. The standard InChI is InChI=1S/C30H36FN3O7Si/c1-18-28(42(3,4)31)24(15-25(37)33(12-13-35)17-20-8-6-5-7-9-20)41-30(18)22-14-21(10-11-23(22)32-29(30)39)34-26(38)16-27(34)40-19(2)36/h5-11,14,18,24,27-28,35H,12-13,15-17H2,1-4H3,(H,32,39)/t18-,24+,27?,28-,30+/m0/s1. The molecule has 0 aromatic heterocycles. The van der Waals surface area contributed by atoms with Gasteiger partial charge in [-0.3, -0.25) is 24.1 Å². The SMILES string of the molecule is CC(=O)OC1CC(=O)N1c1ccc2c(c1)[C@@]1(O[C@H](CC(=O)N(CCO)Cc3ccccc3)[C@@H]([Si](C)(C)F)[C@@H]1C)C(=O)N2. The molecule has 42 heavy (non-hydrogen) atoms. The van der Waals surface area contributed by atoms with Crippen molar-refractivity contribution in [3.8, 4) is 0 Å². The van der Waals surface area contributed by atoms with Gasteiger partial charge >= 0.3 is 5.97 Å². The number of amides is 3. The summed E-state index contributed by atoms with van der Waals surface area (Å²) in [6.07, 6.45) is -1.76. The molecule has 2 aromatic carbocycles. The lowest BCUT2D eigenvalue weighted by Crippen LogP contribution is -2.55. The van der Waals surface area contributed by atoms with Crippen LogP contribution in [0.25, 0.3) is 0 Å². The molecule has 10 nitrogen and oxygen atoms in total. The average molecular weight is 598 g/mol. The third-order valence-electron chi connectivity index (χ3n) is 8.50. The van der Waals surface area contributed by atoms with E-state index < -0.39 is 49.7 Å². The van der Waals surface area contributed by atoms with Gasteiger partial charge in [-0.15, -0.1) is 0 Å². The largest absolute Gasteiger partial charge is 0.441 e. The number of hydrogen-bond acceptors (Lipinski definition) is 7. The lowest BCUT2D eigenvalue weighted by atomic mass is 9.82. The van der Waals surface area contributed by atoms with Crippen molar-refractivity contribution in [1.29, 1.82) is 0 Å². The van der Waals surface area contributed by atoms with Crippen LogP contribution in [0.1, 0.15) is 37.8 Å². The van der Waals surface area contributed by atoms with E-state index in [2.05, 4.69) is 5.32 Å². The van der Waals surface area contributed by atoms with Crippen molar-refractivity contribution in [3.63, 3.8) is 0 Å². The van der Waals surface area contributed by atoms with Crippen LogP contribution in [0.2, 0.25) is 18.6 Å². The van der Waals surface area contributed by atoms with Crippen LogP contribution in [0.3, 0.4) is 0 Å². The Bertz CT molecular complexity index is 1400. The Balaban J connectivity index is 1.47. The van der Waals surface area contributed by atoms with E-state index in [0.717, 1.165) is 5.56 Å². The van der Waals surface area contributed by atoms with E-state index in [4.69, 9.17) is 9.47 Å². The van der Waals surface area contributed by atoms with Gasteiger partial charge in [0.25, 0.3) is 5.91 Å². The van der Waals surface area contributed by atoms with Gasteiger partial charge in [-0.2, -0.15) is 0 Å². The maximum atomic E-state index is 16.0. The monoisotopic (exact) mass is 597 g/mol. The predicted octanol–water partition coefficient (Wildman–Crippen LogP) is 3.45. The molecule has 2 N–H and O–H groups in total. The number of carbonyl (C=O) groups is 4. The summed E-state index contributed by atoms with van der Waals surface area (Å²) in [7, 11) is -3.51. The number of β-lactam (4-membered cyclic amide) rings is 1. The van der Waals surface area contributed by atoms with E-state index >= 15 is 4.11 Å². The summed E-state index contributed by atoms with van der Waals surface area (Å²) in [5.41, 5.74) is -0.0427. The molecule has 0 radical (unpaired) electrons. The molecule has 1 unspecified atom stereocenters. The van der Waals surface area contributed by atoms with Crippen LogP contribution in [0.15, 0.2) is 48.5 Å². The Labute approximate surface area is 244 Å². The van der Waals surface area contributed by atoms with Gasteiger partial charge in [-0.05, 0) is 36.9 Å². The first-order valence-corrected chi connectivity index (χ1v) is 17.1. The molecule has 2 saturated heterocycles. The van der Waals surface area contributed by atoms with E-state index in [-0.39, 0.29) is 44.4 Å². The molecule has 224 valence electrons. The number of aliphatic hydroxyl groups excluding tert-OH is 1. The van der Waals surface area contributed by atoms with Crippen molar-refractivity contribution in [1.82, 2.24) is 4.90 Å². The van der Waals surface area contributed by atoms with Crippen molar-refractivity contribution < 1.29 is 37.9 Å². The molecule has 0 saturated carbocycles. The number of rotatable bonds is 9. The quantitative estimate of drug-likeness (QED) is 0.196. The molecular weight excluding hydrogens is 561 g/mol. The molecule has 2 fully saturated rings. The highest BCUT2D eigenvalue weighted by atomic mass is 28.4. The number of benzene rings is 2. The molecule has 3 heterocycles. The first kappa shape index (κ1) is 29.9. The van der Waals surface area contributed by atoms with Crippen LogP contribution < -0.4 is 10.2 Å². The van der Waals surface area contributed by atoms with Crippen molar-refractivity contribution in [2.24, 2.45) is 5.92 Å². The Morgan fingerprint density at radius 2 is 1.93 bits per heavy atom. The summed E-state index contributed by atoms with van der Waals surface area (Å²) in [4.78, 5) is 54.2. The van der Waals surface area contributed by atoms with Gasteiger partial charge in [0.1, 0.15) is 0 Å². The predicted molar refractivity (Wildman–Crippen MR) is 154 cm³/mol. The highest BCUT2D eigenvalue weighted by molar-refractivity contribution is 6.72. The lowest BCUT2D eigenvalue weighted by molar-refractivity contribution is -0.154. The Morgan fingerprint density at radius 3 is 2.55 bits per heavy atom. The van der Waals surface area contributed by atoms with Gasteiger partial charge < -0.3 is 28.9 Å². The Kier molecular flexibility index (Phi) is 7.99. The fraction of sp³-hybridized carbons (Fsp3) is 0.467. The number of fused-ring (bicyclic) bond motifs is 2. The smallest absolute Gasteiger partial charge is 0.304 e. The number of nitrogens with zero attached hydrogens (tertiary/aromatic N) is 2. The minimum Gasteiger partial charge on any atom is -0.441 e. The number of anilines is 2. The van der Waals surface area contributed by atoms with Crippen LogP contribution in [0, 0.1) is 5.92 Å². The number of ether oxygens (including phenoxy) is 2. The van der Waals surface area contributed by atoms with Gasteiger partial charge in [0.05, 0.1) is 25.6 Å². The van der Waals surface area contributed by atoms with E-state index in [1.54, 1.807) is 38.2 Å². The second-order valence-electron chi connectivity index (χ2n) is 11.7. The highest BCUT2D eigenvalue weighted by Gasteiger charge is 2.65. The molecule has 5 atom stereocenters. The molecule has 12 heteroatoms. The number of esters is 1. The van der Waals surface area contributed by atoms with Crippen LogP contribution in [0.5, 0.6) is 0 Å². The fourth-order valence-electron chi connectivity index (χ4n) is 6.71. The Hall–Kier alpha value is -3.61. The molecule has 3 aliphatic heterocycles. The lowest BCUT2D eigenvalue weighted by Gasteiger charge is -2.39. The van der Waals surface area contributed by atoms with Gasteiger partial charge in [0.2, 0.25) is 20.2 Å². The summed E-state index contributed by atoms with van der Waals surface area (Å²) in [6.45, 7) is 6.28. The van der Waals surface area contributed by atoms with Crippen molar-refractivity contribution in [3.05, 3.63) is 59.7 Å². The summed E-state index contributed by atoms with van der Waals surface area (Å²) in [5.74, 6) is -2.16. The number of halogens is 1. The zero-order chi connectivity index (χ0) is 30.4. The van der Waals surface area contributed by atoms with Crippen molar-refractivity contribution >= 4 is 43.5 Å². The summed E-state index contributed by atoms with van der Waals surface area (Å²) < 4.78 is 27.8. The van der Waals surface area contributed by atoms with Crippen LogP contribution >= 0.6 is 0 Å². The van der Waals surface area contributed by atoms with Gasteiger partial charge in [0.15, 0.2) is 11.8 Å². The first-order chi connectivity index (χ1) is 19.9. The second-order valence-corrected chi connectivity index (χ2v) is 15.5. The average Bonchev–Trinajstić information content (AvgIpc) is 3.36. The number of carbonyl (C=O) groups excluding carboxylic acids is 4. The summed E-state index contributed by atoms with van der Waals surface area (Å²) in [6, 6.07) is 14.3. The zero-order valence-electron chi connectivity index (χ0n) is 24.1. The molecule has 2 aromatic rings. The topological polar surface area (TPSA) is 125 Å². The second kappa shape index (κ2) is 11.2. The molecule has 3 aliphatic rings. The molecule has 3 amide bonds. The third kappa shape index (κ3) is 5.22. The van der Waals surface area contributed by atoms with Gasteiger partial charge in [0, 0.05) is 48.4 Å².